The number of hydrogen-bond acceptors (Lipinski definition) is 5. The molecule has 3 rings (SSSR count). The number of pyridine rings is 1. The lowest BCUT2D eigenvalue weighted by molar-refractivity contribution is 0.0720. The van der Waals surface area contributed by atoms with E-state index in [1.54, 1.807) is 36.5 Å². The molecule has 0 spiro atoms. The van der Waals surface area contributed by atoms with Crippen LogP contribution in [-0.2, 0) is 16.4 Å². The van der Waals surface area contributed by atoms with Crippen molar-refractivity contribution in [1.29, 1.82) is 0 Å². The van der Waals surface area contributed by atoms with E-state index in [0.717, 1.165) is 0 Å². The molecule has 0 radical (unpaired) electrons. The highest BCUT2D eigenvalue weighted by molar-refractivity contribution is 7.89. The Balaban J connectivity index is 2.07. The highest BCUT2D eigenvalue weighted by atomic mass is 32.2. The highest BCUT2D eigenvalue weighted by Gasteiger charge is 2.43. The first kappa shape index (κ1) is 16.1. The molecule has 1 aromatic carbocycles. The zero-order chi connectivity index (χ0) is 16.4. The Bertz CT molecular complexity index is 780. The van der Waals surface area contributed by atoms with Gasteiger partial charge in [-0.25, -0.2) is 8.42 Å². The normalized spacial score (nSPS) is 23.4. The molecule has 0 fully saturated rings. The van der Waals surface area contributed by atoms with Crippen LogP contribution in [-0.4, -0.2) is 47.1 Å². The van der Waals surface area contributed by atoms with Crippen molar-refractivity contribution in [1.82, 2.24) is 9.29 Å². The number of sulfonamides is 1. The smallest absolute Gasteiger partial charge is 0.243 e. The maximum atomic E-state index is 12.8. The predicted octanol–water partition coefficient (Wildman–Crippen LogP) is 0.723. The van der Waals surface area contributed by atoms with Gasteiger partial charge in [0.15, 0.2) is 0 Å². The Morgan fingerprint density at radius 1 is 1.13 bits per heavy atom. The standard InChI is InChI=1S/C16H18N2O4S/c19-10-9-18-14(11-12-5-3-4-8-17-12)16(20)13-6-1-2-7-15(13)23(18,21)22/h1-8,14,16,19-20H,9-11H2/t14-,16-/m1/s1. The third-order valence-corrected chi connectivity index (χ3v) is 6.02. The molecule has 2 aromatic rings. The second-order valence-electron chi connectivity index (χ2n) is 5.41. The summed E-state index contributed by atoms with van der Waals surface area (Å²) >= 11 is 0. The monoisotopic (exact) mass is 334 g/mol. The molecule has 0 saturated heterocycles. The molecule has 2 heterocycles. The van der Waals surface area contributed by atoms with E-state index < -0.39 is 22.2 Å². The van der Waals surface area contributed by atoms with Gasteiger partial charge in [-0.05, 0) is 18.2 Å². The van der Waals surface area contributed by atoms with Gasteiger partial charge < -0.3 is 10.2 Å². The van der Waals surface area contributed by atoms with Crippen molar-refractivity contribution >= 4 is 10.0 Å². The van der Waals surface area contributed by atoms with Crippen molar-refractivity contribution in [3.05, 3.63) is 59.9 Å². The van der Waals surface area contributed by atoms with Gasteiger partial charge in [-0.2, -0.15) is 4.31 Å². The van der Waals surface area contributed by atoms with Crippen LogP contribution in [0.25, 0.3) is 0 Å². The van der Waals surface area contributed by atoms with E-state index >= 15 is 0 Å². The lowest BCUT2D eigenvalue weighted by Gasteiger charge is -2.38. The summed E-state index contributed by atoms with van der Waals surface area (Å²) in [6.45, 7) is -0.377. The van der Waals surface area contributed by atoms with Gasteiger partial charge >= 0.3 is 0 Å². The number of rotatable bonds is 4. The third kappa shape index (κ3) is 2.88. The van der Waals surface area contributed by atoms with Crippen LogP contribution in [0.15, 0.2) is 53.6 Å². The molecule has 23 heavy (non-hydrogen) atoms. The first-order chi connectivity index (χ1) is 11.1. The van der Waals surface area contributed by atoms with Gasteiger partial charge in [0.05, 0.1) is 23.6 Å². The zero-order valence-electron chi connectivity index (χ0n) is 12.4. The van der Waals surface area contributed by atoms with Gasteiger partial charge in [-0.15, -0.1) is 0 Å². The molecular formula is C16H18N2O4S. The second-order valence-corrected chi connectivity index (χ2v) is 7.27. The van der Waals surface area contributed by atoms with Crippen LogP contribution in [0.4, 0.5) is 0 Å². The highest BCUT2D eigenvalue weighted by Crippen LogP contribution is 2.37. The Morgan fingerprint density at radius 2 is 1.87 bits per heavy atom. The summed E-state index contributed by atoms with van der Waals surface area (Å²) in [5, 5.41) is 20.0. The van der Waals surface area contributed by atoms with Crippen LogP contribution in [0.5, 0.6) is 0 Å². The number of aliphatic hydroxyl groups is 2. The fourth-order valence-electron chi connectivity index (χ4n) is 2.96. The minimum atomic E-state index is -3.76. The Kier molecular flexibility index (Phi) is 4.45. The lowest BCUT2D eigenvalue weighted by atomic mass is 9.97. The van der Waals surface area contributed by atoms with Crippen molar-refractivity contribution in [2.45, 2.75) is 23.5 Å². The van der Waals surface area contributed by atoms with Gasteiger partial charge in [0.25, 0.3) is 0 Å². The van der Waals surface area contributed by atoms with E-state index in [9.17, 15) is 18.6 Å². The number of aromatic nitrogens is 1. The summed E-state index contributed by atoms with van der Waals surface area (Å²) in [5.74, 6) is 0. The predicted molar refractivity (Wildman–Crippen MR) is 84.1 cm³/mol. The van der Waals surface area contributed by atoms with E-state index in [2.05, 4.69) is 4.98 Å². The van der Waals surface area contributed by atoms with Crippen molar-refractivity contribution in [3.8, 4) is 0 Å². The summed E-state index contributed by atoms with van der Waals surface area (Å²) < 4.78 is 26.8. The lowest BCUT2D eigenvalue weighted by Crippen LogP contribution is -2.50. The van der Waals surface area contributed by atoms with Gasteiger partial charge in [-0.3, -0.25) is 4.98 Å². The molecule has 2 N–H and O–H groups in total. The molecule has 0 amide bonds. The first-order valence-electron chi connectivity index (χ1n) is 7.35. The Hall–Kier alpha value is -1.80. The fraction of sp³-hybridized carbons (Fsp3) is 0.312. The largest absolute Gasteiger partial charge is 0.395 e. The molecule has 122 valence electrons. The number of fused-ring (bicyclic) bond motifs is 1. The quantitative estimate of drug-likeness (QED) is 0.860. The number of benzene rings is 1. The molecule has 1 aromatic heterocycles. The molecule has 0 bridgehead atoms. The van der Waals surface area contributed by atoms with E-state index in [4.69, 9.17) is 0 Å². The van der Waals surface area contributed by atoms with Crippen molar-refractivity contribution in [3.63, 3.8) is 0 Å². The van der Waals surface area contributed by atoms with Crippen LogP contribution in [0.3, 0.4) is 0 Å². The van der Waals surface area contributed by atoms with Crippen LogP contribution >= 0.6 is 0 Å². The Labute approximate surface area is 135 Å². The minimum absolute atomic E-state index is 0.0643. The summed E-state index contributed by atoms with van der Waals surface area (Å²) in [6.07, 6.45) is 0.933. The molecule has 0 unspecified atom stereocenters. The third-order valence-electron chi connectivity index (χ3n) is 4.02. The summed E-state index contributed by atoms with van der Waals surface area (Å²) in [6, 6.07) is 11.1. The van der Waals surface area contributed by atoms with Gasteiger partial charge in [-0.1, -0.05) is 24.3 Å². The molecule has 6 nitrogen and oxygen atoms in total. The molecule has 1 aliphatic rings. The summed E-state index contributed by atoms with van der Waals surface area (Å²) in [5.41, 5.74) is 1.08. The molecule has 2 atom stereocenters. The average Bonchev–Trinajstić information content (AvgIpc) is 2.57. The maximum absolute atomic E-state index is 12.8. The van der Waals surface area contributed by atoms with E-state index in [0.29, 0.717) is 11.3 Å². The van der Waals surface area contributed by atoms with Crippen molar-refractivity contribution in [2.24, 2.45) is 0 Å². The number of aliphatic hydroxyl groups excluding tert-OH is 2. The van der Waals surface area contributed by atoms with E-state index in [1.165, 1.54) is 10.4 Å². The van der Waals surface area contributed by atoms with Gasteiger partial charge in [0, 0.05) is 30.4 Å². The van der Waals surface area contributed by atoms with Gasteiger partial charge in [0.2, 0.25) is 10.0 Å². The average molecular weight is 334 g/mol. The van der Waals surface area contributed by atoms with Crippen molar-refractivity contribution in [2.75, 3.05) is 13.2 Å². The number of hydrogen-bond donors (Lipinski definition) is 2. The second kappa shape index (κ2) is 6.37. The number of β-amino-alcohol motifs (C(OH)–C–C–N with tert-alkyl or cyclic N) is 1. The molecule has 0 saturated carbocycles. The SMILES string of the molecule is O=S1(=O)c2ccccc2[C@@H](O)[C@@H](Cc2ccccn2)N1CCO. The summed E-state index contributed by atoms with van der Waals surface area (Å²) in [7, 11) is -3.76. The van der Waals surface area contributed by atoms with Gasteiger partial charge in [0.1, 0.15) is 0 Å². The minimum Gasteiger partial charge on any atom is -0.395 e. The summed E-state index contributed by atoms with van der Waals surface area (Å²) in [4.78, 5) is 4.31. The fourth-order valence-corrected chi connectivity index (χ4v) is 4.82. The molecular weight excluding hydrogens is 316 g/mol. The first-order valence-corrected chi connectivity index (χ1v) is 8.79. The molecule has 1 aliphatic heterocycles. The van der Waals surface area contributed by atoms with Crippen LogP contribution < -0.4 is 0 Å². The number of nitrogens with zero attached hydrogens (tertiary/aromatic N) is 2. The zero-order valence-corrected chi connectivity index (χ0v) is 13.2. The maximum Gasteiger partial charge on any atom is 0.243 e. The van der Waals surface area contributed by atoms with E-state index in [1.807, 2.05) is 6.07 Å². The Morgan fingerprint density at radius 3 is 2.57 bits per heavy atom. The van der Waals surface area contributed by atoms with E-state index in [-0.39, 0.29) is 24.5 Å². The van der Waals surface area contributed by atoms with Crippen molar-refractivity contribution < 1.29 is 18.6 Å². The van der Waals surface area contributed by atoms with Crippen LogP contribution in [0.1, 0.15) is 17.4 Å². The molecule has 7 heteroatoms. The topological polar surface area (TPSA) is 90.7 Å². The molecule has 0 aliphatic carbocycles. The van der Waals surface area contributed by atoms with Crippen LogP contribution in [0, 0.1) is 0 Å². The van der Waals surface area contributed by atoms with Crippen LogP contribution in [0.2, 0.25) is 0 Å².